The first-order chi connectivity index (χ1) is 10.0. The molecule has 4 nitrogen and oxygen atoms in total. The van der Waals surface area contributed by atoms with Gasteiger partial charge in [-0.25, -0.2) is 0 Å². The number of aromatic amines is 1. The highest BCUT2D eigenvalue weighted by atomic mass is 16.3. The van der Waals surface area contributed by atoms with Crippen LogP contribution >= 0.6 is 0 Å². The monoisotopic (exact) mass is 280 g/mol. The van der Waals surface area contributed by atoms with Crippen molar-refractivity contribution < 1.29 is 9.90 Å². The topological polar surface area (TPSA) is 65.1 Å². The van der Waals surface area contributed by atoms with Gasteiger partial charge in [0, 0.05) is 10.9 Å². The highest BCUT2D eigenvalue weighted by Crippen LogP contribution is 2.25. The summed E-state index contributed by atoms with van der Waals surface area (Å²) in [6, 6.07) is 12.9. The largest absolute Gasteiger partial charge is 0.506 e. The molecule has 21 heavy (non-hydrogen) atoms. The summed E-state index contributed by atoms with van der Waals surface area (Å²) in [6.07, 6.45) is 0. The predicted molar refractivity (Wildman–Crippen MR) is 83.8 cm³/mol. The summed E-state index contributed by atoms with van der Waals surface area (Å²) in [7, 11) is 0. The van der Waals surface area contributed by atoms with E-state index in [1.807, 2.05) is 38.1 Å². The lowest BCUT2D eigenvalue weighted by Gasteiger charge is -2.06. The number of hydrogen-bond donors (Lipinski definition) is 3. The number of benzene rings is 2. The Labute approximate surface area is 122 Å². The Balaban J connectivity index is 1.89. The second-order valence-corrected chi connectivity index (χ2v) is 5.25. The number of aryl methyl sites for hydroxylation is 2. The molecule has 0 atom stereocenters. The molecule has 1 aromatic heterocycles. The minimum atomic E-state index is -0.275. The van der Waals surface area contributed by atoms with Gasteiger partial charge in [-0.15, -0.1) is 0 Å². The van der Waals surface area contributed by atoms with Crippen LogP contribution in [-0.2, 0) is 0 Å². The minimum Gasteiger partial charge on any atom is -0.506 e. The van der Waals surface area contributed by atoms with Crippen LogP contribution in [0, 0.1) is 13.8 Å². The van der Waals surface area contributed by atoms with Crippen molar-refractivity contribution in [2.45, 2.75) is 13.8 Å². The molecule has 0 radical (unpaired) electrons. The molecule has 3 aromatic rings. The van der Waals surface area contributed by atoms with Crippen molar-refractivity contribution in [2.24, 2.45) is 0 Å². The molecule has 0 aliphatic rings. The summed E-state index contributed by atoms with van der Waals surface area (Å²) in [6.45, 7) is 3.88. The third-order valence-corrected chi connectivity index (χ3v) is 3.42. The molecule has 0 saturated carbocycles. The summed E-state index contributed by atoms with van der Waals surface area (Å²) in [5.74, 6) is -0.210. The van der Waals surface area contributed by atoms with Gasteiger partial charge < -0.3 is 15.4 Å². The molecule has 2 aromatic carbocycles. The molecule has 0 unspecified atom stereocenters. The zero-order valence-electron chi connectivity index (χ0n) is 11.9. The van der Waals surface area contributed by atoms with Gasteiger partial charge in [0.25, 0.3) is 5.91 Å². The fraction of sp³-hybridized carbons (Fsp3) is 0.118. The van der Waals surface area contributed by atoms with Crippen molar-refractivity contribution >= 4 is 22.5 Å². The molecule has 106 valence electrons. The minimum absolute atomic E-state index is 0.0651. The number of fused-ring (bicyclic) bond motifs is 1. The standard InChI is InChI=1S/C17H16N2O2/c1-10-3-5-12-9-15(18-14(12)7-10)17(21)19-13-6-4-11(2)8-16(13)20/h3-9,18,20H,1-2H3,(H,19,21). The number of rotatable bonds is 2. The fourth-order valence-corrected chi connectivity index (χ4v) is 2.30. The lowest BCUT2D eigenvalue weighted by atomic mass is 10.2. The van der Waals surface area contributed by atoms with Crippen molar-refractivity contribution in [1.82, 2.24) is 4.98 Å². The average molecular weight is 280 g/mol. The summed E-state index contributed by atoms with van der Waals surface area (Å²) < 4.78 is 0. The number of carbonyl (C=O) groups is 1. The lowest BCUT2D eigenvalue weighted by molar-refractivity contribution is 0.102. The number of phenolic OH excluding ortho intramolecular Hbond substituents is 1. The van der Waals surface area contributed by atoms with Crippen molar-refractivity contribution in [1.29, 1.82) is 0 Å². The van der Waals surface area contributed by atoms with E-state index in [2.05, 4.69) is 10.3 Å². The van der Waals surface area contributed by atoms with E-state index in [9.17, 15) is 9.90 Å². The smallest absolute Gasteiger partial charge is 0.272 e. The highest BCUT2D eigenvalue weighted by Gasteiger charge is 2.11. The van der Waals surface area contributed by atoms with Gasteiger partial charge in [0.05, 0.1) is 5.69 Å². The Kier molecular flexibility index (Phi) is 3.14. The maximum absolute atomic E-state index is 12.3. The fourth-order valence-electron chi connectivity index (χ4n) is 2.30. The third kappa shape index (κ3) is 2.60. The molecule has 3 rings (SSSR count). The Hall–Kier alpha value is -2.75. The van der Waals surface area contributed by atoms with Crippen LogP contribution in [0.5, 0.6) is 5.75 Å². The summed E-state index contributed by atoms with van der Waals surface area (Å²) in [5, 5.41) is 13.5. The molecule has 1 amide bonds. The first-order valence-electron chi connectivity index (χ1n) is 6.73. The SMILES string of the molecule is Cc1ccc(NC(=O)c2cc3ccc(C)cc3[nH]2)c(O)c1. The molecule has 0 fully saturated rings. The number of anilines is 1. The number of aromatic hydroxyl groups is 1. The molecule has 0 saturated heterocycles. The highest BCUT2D eigenvalue weighted by molar-refractivity contribution is 6.06. The van der Waals surface area contributed by atoms with E-state index in [1.165, 1.54) is 0 Å². The normalized spacial score (nSPS) is 10.8. The molecule has 0 aliphatic carbocycles. The molecule has 0 bridgehead atoms. The van der Waals surface area contributed by atoms with Crippen LogP contribution in [0.25, 0.3) is 10.9 Å². The van der Waals surface area contributed by atoms with Gasteiger partial charge in [-0.3, -0.25) is 4.79 Å². The quantitative estimate of drug-likeness (QED) is 0.626. The molecular formula is C17H16N2O2. The molecule has 1 heterocycles. The van der Waals surface area contributed by atoms with Crippen molar-refractivity contribution in [3.8, 4) is 5.75 Å². The molecule has 4 heteroatoms. The van der Waals surface area contributed by atoms with Crippen molar-refractivity contribution in [3.63, 3.8) is 0 Å². The van der Waals surface area contributed by atoms with Gasteiger partial charge in [-0.2, -0.15) is 0 Å². The van der Waals surface area contributed by atoms with Crippen LogP contribution in [0.2, 0.25) is 0 Å². The van der Waals surface area contributed by atoms with E-state index < -0.39 is 0 Å². The van der Waals surface area contributed by atoms with Crippen molar-refractivity contribution in [3.05, 3.63) is 59.3 Å². The summed E-state index contributed by atoms with van der Waals surface area (Å²) in [4.78, 5) is 15.3. The number of H-pyrrole nitrogens is 1. The van der Waals surface area contributed by atoms with Gasteiger partial charge in [0.15, 0.2) is 0 Å². The van der Waals surface area contributed by atoms with Gasteiger partial charge in [-0.05, 0) is 49.2 Å². The van der Waals surface area contributed by atoms with Crippen LogP contribution in [0.4, 0.5) is 5.69 Å². The maximum Gasteiger partial charge on any atom is 0.272 e. The number of nitrogens with one attached hydrogen (secondary N) is 2. The Morgan fingerprint density at radius 3 is 2.52 bits per heavy atom. The summed E-state index contributed by atoms with van der Waals surface area (Å²) >= 11 is 0. The molecule has 0 aliphatic heterocycles. The Morgan fingerprint density at radius 1 is 1.05 bits per heavy atom. The van der Waals surface area contributed by atoms with Crippen LogP contribution < -0.4 is 5.32 Å². The van der Waals surface area contributed by atoms with Gasteiger partial charge >= 0.3 is 0 Å². The van der Waals surface area contributed by atoms with Gasteiger partial charge in [-0.1, -0.05) is 18.2 Å². The predicted octanol–water partition coefficient (Wildman–Crippen LogP) is 3.74. The Morgan fingerprint density at radius 2 is 1.76 bits per heavy atom. The van der Waals surface area contributed by atoms with E-state index in [0.29, 0.717) is 11.4 Å². The molecular weight excluding hydrogens is 264 g/mol. The van der Waals surface area contributed by atoms with Crippen LogP contribution in [0.15, 0.2) is 42.5 Å². The van der Waals surface area contributed by atoms with Crippen molar-refractivity contribution in [2.75, 3.05) is 5.32 Å². The van der Waals surface area contributed by atoms with Gasteiger partial charge in [0.2, 0.25) is 0 Å². The van der Waals surface area contributed by atoms with E-state index in [-0.39, 0.29) is 11.7 Å². The maximum atomic E-state index is 12.3. The summed E-state index contributed by atoms with van der Waals surface area (Å²) in [5.41, 5.74) is 3.86. The Bertz CT molecular complexity index is 834. The number of aromatic nitrogens is 1. The number of hydrogen-bond acceptors (Lipinski definition) is 2. The lowest BCUT2D eigenvalue weighted by Crippen LogP contribution is -2.12. The van der Waals surface area contributed by atoms with E-state index in [4.69, 9.17) is 0 Å². The number of amides is 1. The zero-order chi connectivity index (χ0) is 15.0. The second-order valence-electron chi connectivity index (χ2n) is 5.25. The average Bonchev–Trinajstić information content (AvgIpc) is 2.85. The number of phenols is 1. The zero-order valence-corrected chi connectivity index (χ0v) is 11.9. The van der Waals surface area contributed by atoms with E-state index >= 15 is 0 Å². The van der Waals surface area contributed by atoms with E-state index in [1.54, 1.807) is 18.2 Å². The van der Waals surface area contributed by atoms with Crippen LogP contribution in [0.1, 0.15) is 21.6 Å². The van der Waals surface area contributed by atoms with Crippen LogP contribution in [-0.4, -0.2) is 16.0 Å². The van der Waals surface area contributed by atoms with E-state index in [0.717, 1.165) is 22.0 Å². The first-order valence-corrected chi connectivity index (χ1v) is 6.73. The second kappa shape index (κ2) is 4.98. The first kappa shape index (κ1) is 13.2. The van der Waals surface area contributed by atoms with Gasteiger partial charge in [0.1, 0.15) is 11.4 Å². The molecule has 0 spiro atoms. The number of carbonyl (C=O) groups excluding carboxylic acids is 1. The third-order valence-electron chi connectivity index (χ3n) is 3.42. The van der Waals surface area contributed by atoms with Crippen LogP contribution in [0.3, 0.4) is 0 Å². The molecule has 3 N–H and O–H groups in total.